The van der Waals surface area contributed by atoms with Gasteiger partial charge in [0.15, 0.2) is 0 Å². The van der Waals surface area contributed by atoms with Gasteiger partial charge in [-0.3, -0.25) is 9.59 Å². The molecule has 1 atom stereocenters. The van der Waals surface area contributed by atoms with E-state index < -0.39 is 0 Å². The number of amides is 1. The number of ether oxygens (including phenoxy) is 1. The summed E-state index contributed by atoms with van der Waals surface area (Å²) in [5, 5.41) is 3.10. The summed E-state index contributed by atoms with van der Waals surface area (Å²) >= 11 is 7.24. The molecular weight excluding hydrogens is 286 g/mol. The summed E-state index contributed by atoms with van der Waals surface area (Å²) < 4.78 is 4.53. The van der Waals surface area contributed by atoms with Crippen LogP contribution in [0.2, 0.25) is 5.02 Å². The van der Waals surface area contributed by atoms with Gasteiger partial charge in [-0.25, -0.2) is 0 Å². The van der Waals surface area contributed by atoms with E-state index in [0.29, 0.717) is 22.9 Å². The van der Waals surface area contributed by atoms with Crippen LogP contribution in [0.4, 0.5) is 5.69 Å². The molecule has 0 aliphatic rings. The molecule has 0 saturated heterocycles. The highest BCUT2D eigenvalue weighted by molar-refractivity contribution is 8.00. The van der Waals surface area contributed by atoms with Crippen LogP contribution in [0.1, 0.15) is 13.3 Å². The van der Waals surface area contributed by atoms with Crippen molar-refractivity contribution in [3.63, 3.8) is 0 Å². The van der Waals surface area contributed by atoms with Gasteiger partial charge in [0.2, 0.25) is 5.91 Å². The topological polar surface area (TPSA) is 55.4 Å². The summed E-state index contributed by atoms with van der Waals surface area (Å²) in [5.74, 6) is 0.170. The average Bonchev–Trinajstić information content (AvgIpc) is 2.38. The molecule has 1 aromatic rings. The molecule has 1 amide bonds. The second-order valence-electron chi connectivity index (χ2n) is 3.84. The van der Waals surface area contributed by atoms with E-state index in [2.05, 4.69) is 10.1 Å². The van der Waals surface area contributed by atoms with Crippen molar-refractivity contribution in [1.29, 1.82) is 0 Å². The van der Waals surface area contributed by atoms with Gasteiger partial charge in [-0.05, 0) is 25.1 Å². The van der Waals surface area contributed by atoms with Crippen molar-refractivity contribution in [1.82, 2.24) is 0 Å². The lowest BCUT2D eigenvalue weighted by atomic mass is 10.3. The third-order valence-corrected chi connectivity index (χ3v) is 3.75. The van der Waals surface area contributed by atoms with Crippen LogP contribution in [0, 0.1) is 0 Å². The minimum absolute atomic E-state index is 0.114. The van der Waals surface area contributed by atoms with E-state index in [9.17, 15) is 9.59 Å². The van der Waals surface area contributed by atoms with E-state index >= 15 is 0 Å². The number of methoxy groups -OCH3 is 1. The van der Waals surface area contributed by atoms with Gasteiger partial charge >= 0.3 is 5.97 Å². The molecular formula is C13H16ClNO3S. The molecule has 0 aliphatic carbocycles. The molecule has 0 bridgehead atoms. The number of carbonyl (C=O) groups is 2. The Balaban J connectivity index is 2.38. The lowest BCUT2D eigenvalue weighted by Gasteiger charge is -2.11. The van der Waals surface area contributed by atoms with Crippen LogP contribution in [0.15, 0.2) is 24.3 Å². The number of hydrogen-bond acceptors (Lipinski definition) is 4. The monoisotopic (exact) mass is 301 g/mol. The van der Waals surface area contributed by atoms with Crippen molar-refractivity contribution in [2.24, 2.45) is 0 Å². The molecule has 104 valence electrons. The maximum atomic E-state index is 11.9. The Labute approximate surface area is 121 Å². The maximum Gasteiger partial charge on any atom is 0.306 e. The number of halogens is 1. The fraction of sp³-hybridized carbons (Fsp3) is 0.385. The molecule has 19 heavy (non-hydrogen) atoms. The van der Waals surface area contributed by atoms with Crippen molar-refractivity contribution < 1.29 is 14.3 Å². The highest BCUT2D eigenvalue weighted by Gasteiger charge is 2.14. The summed E-state index contributed by atoms with van der Waals surface area (Å²) in [6.45, 7) is 1.79. The number of hydrogen-bond donors (Lipinski definition) is 1. The zero-order chi connectivity index (χ0) is 14.3. The third kappa shape index (κ3) is 5.98. The molecule has 0 saturated carbocycles. The van der Waals surface area contributed by atoms with Gasteiger partial charge in [0.1, 0.15) is 0 Å². The van der Waals surface area contributed by atoms with Gasteiger partial charge in [-0.1, -0.05) is 17.7 Å². The molecule has 0 heterocycles. The van der Waals surface area contributed by atoms with E-state index in [4.69, 9.17) is 11.6 Å². The number of carbonyl (C=O) groups excluding carboxylic acids is 2. The fourth-order valence-electron chi connectivity index (χ4n) is 1.31. The van der Waals surface area contributed by atoms with Gasteiger partial charge in [-0.2, -0.15) is 0 Å². The van der Waals surface area contributed by atoms with Gasteiger partial charge in [-0.15, -0.1) is 11.8 Å². The standard InChI is InChI=1S/C13H16ClNO3S/c1-9(19-7-6-12(16)18-2)13(17)15-11-5-3-4-10(14)8-11/h3-5,8-9H,6-7H2,1-2H3,(H,15,17). The van der Waals surface area contributed by atoms with Crippen LogP contribution >= 0.6 is 23.4 Å². The van der Waals surface area contributed by atoms with Crippen LogP contribution < -0.4 is 5.32 Å². The average molecular weight is 302 g/mol. The first-order valence-electron chi connectivity index (χ1n) is 5.77. The molecule has 1 unspecified atom stereocenters. The van der Waals surface area contributed by atoms with E-state index in [-0.39, 0.29) is 17.1 Å². The Morgan fingerprint density at radius 2 is 2.21 bits per heavy atom. The van der Waals surface area contributed by atoms with Crippen LogP contribution in [-0.2, 0) is 14.3 Å². The highest BCUT2D eigenvalue weighted by atomic mass is 35.5. The molecule has 1 rings (SSSR count). The van der Waals surface area contributed by atoms with Crippen molar-refractivity contribution in [3.05, 3.63) is 29.3 Å². The summed E-state index contributed by atoms with van der Waals surface area (Å²) in [4.78, 5) is 22.8. The predicted octanol–water partition coefficient (Wildman–Crippen LogP) is 2.96. The maximum absolute atomic E-state index is 11.9. The first kappa shape index (κ1) is 15.9. The molecule has 0 radical (unpaired) electrons. The molecule has 4 nitrogen and oxygen atoms in total. The number of thioether (sulfide) groups is 1. The normalized spacial score (nSPS) is 11.7. The number of benzene rings is 1. The summed E-state index contributed by atoms with van der Waals surface area (Å²) in [7, 11) is 1.35. The van der Waals surface area contributed by atoms with Crippen molar-refractivity contribution in [2.75, 3.05) is 18.2 Å². The second kappa shape index (κ2) is 8.07. The Bertz CT molecular complexity index is 453. The second-order valence-corrected chi connectivity index (χ2v) is 5.72. The molecule has 1 N–H and O–H groups in total. The quantitative estimate of drug-likeness (QED) is 0.821. The number of rotatable bonds is 6. The lowest BCUT2D eigenvalue weighted by molar-refractivity contribution is -0.140. The van der Waals surface area contributed by atoms with E-state index in [1.165, 1.54) is 18.9 Å². The summed E-state index contributed by atoms with van der Waals surface area (Å²) in [6, 6.07) is 6.97. The van der Waals surface area contributed by atoms with Crippen LogP contribution in [-0.4, -0.2) is 30.0 Å². The summed E-state index contributed by atoms with van der Waals surface area (Å²) in [5.41, 5.74) is 0.665. The first-order chi connectivity index (χ1) is 9.02. The summed E-state index contributed by atoms with van der Waals surface area (Å²) in [6.07, 6.45) is 0.302. The third-order valence-electron chi connectivity index (χ3n) is 2.36. The smallest absolute Gasteiger partial charge is 0.306 e. The fourth-order valence-corrected chi connectivity index (χ4v) is 2.35. The van der Waals surface area contributed by atoms with Crippen molar-refractivity contribution >= 4 is 40.9 Å². The Morgan fingerprint density at radius 3 is 2.84 bits per heavy atom. The molecule has 0 fully saturated rings. The van der Waals surface area contributed by atoms with Crippen molar-refractivity contribution in [3.8, 4) is 0 Å². The Hall–Kier alpha value is -1.20. The van der Waals surface area contributed by atoms with Crippen LogP contribution in [0.3, 0.4) is 0 Å². The molecule has 6 heteroatoms. The van der Waals surface area contributed by atoms with E-state index in [0.717, 1.165) is 0 Å². The van der Waals surface area contributed by atoms with Gasteiger partial charge < -0.3 is 10.1 Å². The molecule has 0 aromatic heterocycles. The number of nitrogens with one attached hydrogen (secondary N) is 1. The predicted molar refractivity (Wildman–Crippen MR) is 78.6 cm³/mol. The molecule has 0 aliphatic heterocycles. The SMILES string of the molecule is COC(=O)CCSC(C)C(=O)Nc1cccc(Cl)c1. The van der Waals surface area contributed by atoms with Crippen LogP contribution in [0.25, 0.3) is 0 Å². The lowest BCUT2D eigenvalue weighted by Crippen LogP contribution is -2.23. The highest BCUT2D eigenvalue weighted by Crippen LogP contribution is 2.18. The van der Waals surface area contributed by atoms with Crippen molar-refractivity contribution in [2.45, 2.75) is 18.6 Å². The Morgan fingerprint density at radius 1 is 1.47 bits per heavy atom. The minimum atomic E-state index is -0.269. The minimum Gasteiger partial charge on any atom is -0.469 e. The Kier molecular flexibility index (Phi) is 6.73. The number of anilines is 1. The largest absolute Gasteiger partial charge is 0.469 e. The van der Waals surface area contributed by atoms with E-state index in [1.807, 2.05) is 0 Å². The zero-order valence-corrected chi connectivity index (χ0v) is 12.4. The van der Waals surface area contributed by atoms with Gasteiger partial charge in [0, 0.05) is 16.5 Å². The first-order valence-corrected chi connectivity index (χ1v) is 7.20. The van der Waals surface area contributed by atoms with Gasteiger partial charge in [0.25, 0.3) is 0 Å². The van der Waals surface area contributed by atoms with Crippen LogP contribution in [0.5, 0.6) is 0 Å². The zero-order valence-electron chi connectivity index (χ0n) is 10.8. The molecule has 0 spiro atoms. The van der Waals surface area contributed by atoms with Gasteiger partial charge in [0.05, 0.1) is 18.8 Å². The number of esters is 1. The molecule has 1 aromatic carbocycles. The van der Waals surface area contributed by atoms with E-state index in [1.54, 1.807) is 31.2 Å².